The molecule has 0 radical (unpaired) electrons. The average Bonchev–Trinajstić information content (AvgIpc) is 1.55. The number of fused-ring (bicyclic) bond motifs is 18. The minimum Gasteiger partial charge on any atom is -0.309 e. The second kappa shape index (κ2) is 21.8. The Balaban J connectivity index is 0.769. The molecule has 0 saturated heterocycles. The first-order chi connectivity index (χ1) is 50.6. The third-order valence-electron chi connectivity index (χ3n) is 21.3. The van der Waals surface area contributed by atoms with Crippen LogP contribution >= 0.6 is 0 Å². The van der Waals surface area contributed by atoms with Crippen molar-refractivity contribution in [2.45, 2.75) is 0 Å². The summed E-state index contributed by atoms with van der Waals surface area (Å²) in [4.78, 5) is 17.3. The minimum absolute atomic E-state index is 0.541. The van der Waals surface area contributed by atoms with Crippen molar-refractivity contribution in [2.24, 2.45) is 0 Å². The van der Waals surface area contributed by atoms with E-state index < -0.39 is 0 Å². The van der Waals surface area contributed by atoms with Crippen molar-refractivity contribution < 1.29 is 0 Å². The van der Waals surface area contributed by atoms with E-state index in [1.54, 1.807) is 0 Å². The predicted octanol–water partition coefficient (Wildman–Crippen LogP) is 23.5. The predicted molar refractivity (Wildman–Crippen MR) is 422 cm³/mol. The van der Waals surface area contributed by atoms with E-state index >= 15 is 0 Å². The van der Waals surface area contributed by atoms with Gasteiger partial charge in [0, 0.05) is 98.4 Å². The summed E-state index contributed by atoms with van der Waals surface area (Å²) in [7, 11) is 0. The Labute approximate surface area is 583 Å². The Bertz CT molecular complexity index is 6430. The van der Waals surface area contributed by atoms with Gasteiger partial charge >= 0.3 is 0 Å². The number of benzene rings is 15. The van der Waals surface area contributed by atoms with Gasteiger partial charge in [-0.3, -0.25) is 0 Å². The number of hydrogen-bond donors (Lipinski definition) is 0. The zero-order valence-electron chi connectivity index (χ0n) is 54.9. The van der Waals surface area contributed by atoms with Gasteiger partial charge < -0.3 is 27.4 Å². The second-order valence-corrected chi connectivity index (χ2v) is 26.6. The molecule has 0 N–H and O–H groups in total. The fraction of sp³-hybridized carbons (Fsp3) is 0. The van der Waals surface area contributed by atoms with Crippen molar-refractivity contribution in [3.63, 3.8) is 0 Å². The highest BCUT2D eigenvalue weighted by atomic mass is 15.1. The molecule has 0 aliphatic rings. The van der Waals surface area contributed by atoms with Crippen molar-refractivity contribution in [3.05, 3.63) is 346 Å². The monoisotopic (exact) mass is 1300 g/mol. The zero-order chi connectivity index (χ0) is 66.7. The zero-order valence-corrected chi connectivity index (χ0v) is 54.9. The van der Waals surface area contributed by atoms with E-state index in [0.717, 1.165) is 116 Å². The molecule has 7 aromatic heterocycles. The van der Waals surface area contributed by atoms with Gasteiger partial charge in [0.05, 0.1) is 83.3 Å². The first kappa shape index (κ1) is 56.2. The Morgan fingerprint density at radius 2 is 0.324 bits per heavy atom. The topological polar surface area (TPSA) is 68.2 Å². The van der Waals surface area contributed by atoms with E-state index in [-0.39, 0.29) is 0 Å². The van der Waals surface area contributed by atoms with E-state index in [0.29, 0.717) is 17.5 Å². The van der Waals surface area contributed by atoms with Crippen LogP contribution in [-0.4, -0.2) is 42.4 Å². The van der Waals surface area contributed by atoms with Gasteiger partial charge in [0.2, 0.25) is 0 Å². The first-order valence-electron chi connectivity index (χ1n) is 34.8. The Morgan fingerprint density at radius 1 is 0.147 bits per heavy atom. The van der Waals surface area contributed by atoms with Gasteiger partial charge in [-0.2, -0.15) is 0 Å². The molecule has 474 valence electrons. The van der Waals surface area contributed by atoms with Crippen LogP contribution in [0, 0.1) is 0 Å². The molecule has 7 heterocycles. The molecule has 0 saturated carbocycles. The number of rotatable bonds is 9. The fourth-order valence-electron chi connectivity index (χ4n) is 17.0. The number of nitrogens with zero attached hydrogens (tertiary/aromatic N) is 9. The van der Waals surface area contributed by atoms with Crippen LogP contribution in [0.4, 0.5) is 0 Å². The van der Waals surface area contributed by atoms with Crippen molar-refractivity contribution in [3.8, 4) is 68.3 Å². The molecule has 0 bridgehead atoms. The SMILES string of the molecule is c1ccc(-n2c3ccccc3c3cc(-n4c5ccccc5c5ccccc54)ccc32)c(-c2nc(-c3ccccc3-n3c4ccccc4c4cc(-n5c6ccccc6c6ccccc65)ccc43)nc(-c3ccccc3-n3c4ccccc4c4cc(-n5c6ccccc6c6ccccc65)ccc43)n2)c1. The molecular formula is C93H57N9. The van der Waals surface area contributed by atoms with Crippen LogP contribution in [0.1, 0.15) is 0 Å². The standard InChI is InChI=1S/C93H57N9/c1-13-37-76-61(25-1)62-26-2-14-38-77(62)97(76)58-49-52-88-73(55-58)67-31-7-19-43-82(67)100(88)85-46-22-10-34-70(85)91-94-92(71-35-11-23-47-86(71)101-83-44-20-8-32-68(83)74-56-59(50-53-89(74)101)98-78-39-15-3-27-63(78)64-28-4-16-40-79(64)98)96-93(95-91)72-36-12-24-48-87(72)102-84-45-21-9-33-69(84)75-57-60(51-54-90(75)102)99-80-41-17-5-29-65(80)66-30-6-18-42-81(66)99/h1-57H. The van der Waals surface area contributed by atoms with Gasteiger partial charge in [-0.15, -0.1) is 0 Å². The maximum Gasteiger partial charge on any atom is 0.166 e. The third-order valence-corrected chi connectivity index (χ3v) is 21.3. The van der Waals surface area contributed by atoms with Gasteiger partial charge in [0.15, 0.2) is 17.5 Å². The van der Waals surface area contributed by atoms with Crippen LogP contribution in [0.25, 0.3) is 199 Å². The Kier molecular flexibility index (Phi) is 12.0. The van der Waals surface area contributed by atoms with Gasteiger partial charge in [-0.1, -0.05) is 200 Å². The van der Waals surface area contributed by atoms with Crippen molar-refractivity contribution in [1.82, 2.24) is 42.4 Å². The molecule has 0 amide bonds. The van der Waals surface area contributed by atoms with Gasteiger partial charge in [-0.05, 0) is 146 Å². The summed E-state index contributed by atoms with van der Waals surface area (Å²) in [5.74, 6) is 1.62. The molecule has 9 nitrogen and oxygen atoms in total. The van der Waals surface area contributed by atoms with Crippen LogP contribution in [0.3, 0.4) is 0 Å². The maximum absolute atomic E-state index is 5.78. The molecule has 0 aliphatic heterocycles. The normalized spacial score (nSPS) is 12.1. The van der Waals surface area contributed by atoms with Gasteiger partial charge in [0.1, 0.15) is 0 Å². The average molecular weight is 1300 g/mol. The second-order valence-electron chi connectivity index (χ2n) is 26.6. The van der Waals surface area contributed by atoms with E-state index in [1.807, 2.05) is 0 Å². The molecule has 102 heavy (non-hydrogen) atoms. The fourth-order valence-corrected chi connectivity index (χ4v) is 17.0. The third kappa shape index (κ3) is 8.12. The highest BCUT2D eigenvalue weighted by Crippen LogP contribution is 2.45. The Morgan fingerprint density at radius 3 is 0.559 bits per heavy atom. The molecular weight excluding hydrogens is 1240 g/mol. The summed E-state index contributed by atoms with van der Waals surface area (Å²) in [6.07, 6.45) is 0. The lowest BCUT2D eigenvalue weighted by Crippen LogP contribution is -2.06. The molecule has 22 aromatic rings. The summed E-state index contributed by atoms with van der Waals surface area (Å²) < 4.78 is 14.4. The van der Waals surface area contributed by atoms with Gasteiger partial charge in [0.25, 0.3) is 0 Å². The number of para-hydroxylation sites is 12. The van der Waals surface area contributed by atoms with Crippen molar-refractivity contribution in [2.75, 3.05) is 0 Å². The van der Waals surface area contributed by atoms with E-state index in [2.05, 4.69) is 373 Å². The van der Waals surface area contributed by atoms with E-state index in [4.69, 9.17) is 15.0 Å². The lowest BCUT2D eigenvalue weighted by molar-refractivity contribution is 1.05. The largest absolute Gasteiger partial charge is 0.309 e. The molecule has 15 aromatic carbocycles. The number of aromatic nitrogens is 9. The van der Waals surface area contributed by atoms with Crippen LogP contribution in [-0.2, 0) is 0 Å². The van der Waals surface area contributed by atoms with E-state index in [9.17, 15) is 0 Å². The van der Waals surface area contributed by atoms with Gasteiger partial charge in [-0.25, -0.2) is 15.0 Å². The van der Waals surface area contributed by atoms with Crippen molar-refractivity contribution >= 4 is 131 Å². The molecule has 0 aliphatic carbocycles. The molecule has 0 unspecified atom stereocenters. The lowest BCUT2D eigenvalue weighted by atomic mass is 10.1. The minimum atomic E-state index is 0.541. The number of hydrogen-bond acceptors (Lipinski definition) is 3. The first-order valence-corrected chi connectivity index (χ1v) is 34.8. The Hall–Kier alpha value is -13.9. The summed E-state index contributed by atoms with van der Waals surface area (Å²) in [5.41, 5.74) is 22.1. The molecule has 0 spiro atoms. The highest BCUT2D eigenvalue weighted by molar-refractivity contribution is 6.16. The summed E-state index contributed by atoms with van der Waals surface area (Å²) in [6.45, 7) is 0. The molecule has 0 atom stereocenters. The summed E-state index contributed by atoms with van der Waals surface area (Å²) in [5, 5.41) is 14.2. The quantitative estimate of drug-likeness (QED) is 0.145. The van der Waals surface area contributed by atoms with Crippen LogP contribution in [0.2, 0.25) is 0 Å². The van der Waals surface area contributed by atoms with Crippen LogP contribution < -0.4 is 0 Å². The summed E-state index contributed by atoms with van der Waals surface area (Å²) in [6, 6.07) is 125. The smallest absolute Gasteiger partial charge is 0.166 e. The molecule has 22 rings (SSSR count). The summed E-state index contributed by atoms with van der Waals surface area (Å²) >= 11 is 0. The molecule has 9 heteroatoms. The van der Waals surface area contributed by atoms with Crippen LogP contribution in [0.15, 0.2) is 346 Å². The lowest BCUT2D eigenvalue weighted by Gasteiger charge is -2.18. The molecule has 0 fully saturated rings. The highest BCUT2D eigenvalue weighted by Gasteiger charge is 2.26. The van der Waals surface area contributed by atoms with Crippen molar-refractivity contribution in [1.29, 1.82) is 0 Å². The van der Waals surface area contributed by atoms with E-state index in [1.165, 1.54) is 65.4 Å². The van der Waals surface area contributed by atoms with Crippen LogP contribution in [0.5, 0.6) is 0 Å². The maximum atomic E-state index is 5.78.